The van der Waals surface area contributed by atoms with Crippen LogP contribution in [0.15, 0.2) is 26.9 Å². The molecule has 12 heteroatoms. The van der Waals surface area contributed by atoms with Crippen LogP contribution in [0.3, 0.4) is 0 Å². The summed E-state index contributed by atoms with van der Waals surface area (Å²) >= 11 is -1.34. The monoisotopic (exact) mass is 343 g/mol. The van der Waals surface area contributed by atoms with E-state index in [0.29, 0.717) is 22.3 Å². The predicted octanol–water partition coefficient (Wildman–Crippen LogP) is -0.735. The van der Waals surface area contributed by atoms with Crippen LogP contribution in [0.2, 0.25) is 0 Å². The van der Waals surface area contributed by atoms with Gasteiger partial charge in [-0.05, 0) is 12.1 Å². The SMILES string of the molecule is NC(N)=Nc1nc(-c2ccc(CC(=O)NNS(=O)[O-])o2)cs1. The molecule has 0 aromatic carbocycles. The van der Waals surface area contributed by atoms with E-state index in [-0.39, 0.29) is 12.4 Å². The van der Waals surface area contributed by atoms with Gasteiger partial charge in [-0.1, -0.05) is 0 Å². The quantitative estimate of drug-likeness (QED) is 0.231. The second-order valence-corrected chi connectivity index (χ2v) is 5.39. The number of furan rings is 1. The van der Waals surface area contributed by atoms with Gasteiger partial charge in [0.15, 0.2) is 11.7 Å². The number of nitrogens with two attached hydrogens (primary N) is 2. The number of aromatic nitrogens is 1. The average Bonchev–Trinajstić information content (AvgIpc) is 3.05. The first kappa shape index (κ1) is 16.1. The van der Waals surface area contributed by atoms with Crippen LogP contribution in [-0.4, -0.2) is 25.6 Å². The summed E-state index contributed by atoms with van der Waals surface area (Å²) in [4.78, 5) is 21.1. The molecule has 0 aliphatic rings. The van der Waals surface area contributed by atoms with E-state index in [9.17, 15) is 13.6 Å². The Balaban J connectivity index is 2.02. The summed E-state index contributed by atoms with van der Waals surface area (Å²) < 4.78 is 25.9. The van der Waals surface area contributed by atoms with E-state index in [1.54, 1.807) is 22.3 Å². The minimum atomic E-state index is -2.57. The van der Waals surface area contributed by atoms with E-state index in [1.165, 1.54) is 11.3 Å². The van der Waals surface area contributed by atoms with Crippen LogP contribution in [0.1, 0.15) is 5.76 Å². The number of hydrazine groups is 1. The molecule has 6 N–H and O–H groups in total. The molecule has 0 radical (unpaired) electrons. The first-order valence-corrected chi connectivity index (χ1v) is 7.67. The van der Waals surface area contributed by atoms with E-state index >= 15 is 0 Å². The molecule has 1 atom stereocenters. The van der Waals surface area contributed by atoms with Gasteiger partial charge in [-0.25, -0.2) is 4.98 Å². The lowest BCUT2D eigenvalue weighted by molar-refractivity contribution is -0.121. The summed E-state index contributed by atoms with van der Waals surface area (Å²) in [7, 11) is 0. The second kappa shape index (κ2) is 7.13. The number of hydrogen-bond donors (Lipinski definition) is 4. The number of nitrogens with one attached hydrogen (secondary N) is 2. The van der Waals surface area contributed by atoms with Gasteiger partial charge in [-0.3, -0.25) is 14.4 Å². The van der Waals surface area contributed by atoms with Gasteiger partial charge in [0.1, 0.15) is 11.5 Å². The lowest BCUT2D eigenvalue weighted by Gasteiger charge is -2.07. The Kier molecular flexibility index (Phi) is 5.21. The van der Waals surface area contributed by atoms with E-state index in [4.69, 9.17) is 15.9 Å². The summed E-state index contributed by atoms with van der Waals surface area (Å²) in [5.74, 6) is 0.129. The maximum atomic E-state index is 11.4. The highest BCUT2D eigenvalue weighted by Gasteiger charge is 2.11. The molecule has 0 fully saturated rings. The fourth-order valence-corrected chi connectivity index (χ4v) is 2.34. The topological polar surface area (TPSA) is 172 Å². The fourth-order valence-electron chi connectivity index (χ4n) is 1.45. The van der Waals surface area contributed by atoms with Gasteiger partial charge in [0.05, 0.1) is 6.42 Å². The van der Waals surface area contributed by atoms with Crippen molar-refractivity contribution in [1.82, 2.24) is 15.2 Å². The van der Waals surface area contributed by atoms with Gasteiger partial charge in [0.25, 0.3) is 0 Å². The Morgan fingerprint density at radius 2 is 2.27 bits per heavy atom. The Morgan fingerprint density at radius 3 is 2.95 bits per heavy atom. The van der Waals surface area contributed by atoms with E-state index in [0.717, 1.165) is 0 Å². The molecular formula is C10H11N6O4S2-. The third-order valence-electron chi connectivity index (χ3n) is 2.24. The van der Waals surface area contributed by atoms with Gasteiger partial charge >= 0.3 is 0 Å². The van der Waals surface area contributed by atoms with Crippen LogP contribution in [-0.2, 0) is 22.5 Å². The van der Waals surface area contributed by atoms with Crippen LogP contribution < -0.4 is 21.7 Å². The maximum Gasteiger partial charge on any atom is 0.242 e. The van der Waals surface area contributed by atoms with Crippen molar-refractivity contribution < 1.29 is 18.0 Å². The molecule has 0 aliphatic carbocycles. The highest BCUT2D eigenvalue weighted by Crippen LogP contribution is 2.28. The number of carbonyl (C=O) groups excluding carboxylic acids is 1. The summed E-state index contributed by atoms with van der Waals surface area (Å²) in [6.07, 6.45) is -0.130. The summed E-state index contributed by atoms with van der Waals surface area (Å²) in [6, 6.07) is 3.22. The fraction of sp³-hybridized carbons (Fsp3) is 0.100. The third kappa shape index (κ3) is 4.63. The molecule has 0 spiro atoms. The van der Waals surface area contributed by atoms with E-state index < -0.39 is 17.2 Å². The van der Waals surface area contributed by atoms with Gasteiger partial charge in [0.2, 0.25) is 11.0 Å². The Morgan fingerprint density at radius 1 is 1.50 bits per heavy atom. The van der Waals surface area contributed by atoms with Crippen molar-refractivity contribution in [2.45, 2.75) is 6.42 Å². The Labute approximate surface area is 131 Å². The number of aliphatic imine (C=N–C) groups is 1. The highest BCUT2D eigenvalue weighted by molar-refractivity contribution is 7.77. The first-order valence-electron chi connectivity index (χ1n) is 5.72. The highest BCUT2D eigenvalue weighted by atomic mass is 32.2. The van der Waals surface area contributed by atoms with Crippen molar-refractivity contribution in [3.8, 4) is 11.5 Å². The van der Waals surface area contributed by atoms with E-state index in [2.05, 4.69) is 9.98 Å². The molecule has 118 valence electrons. The Hall–Kier alpha value is -2.28. The van der Waals surface area contributed by atoms with Crippen LogP contribution in [0, 0.1) is 0 Å². The van der Waals surface area contributed by atoms with Crippen molar-refractivity contribution in [2.24, 2.45) is 16.5 Å². The molecule has 22 heavy (non-hydrogen) atoms. The smallest absolute Gasteiger partial charge is 0.242 e. The zero-order valence-corrected chi connectivity index (χ0v) is 12.6. The number of carbonyl (C=O) groups is 1. The zero-order chi connectivity index (χ0) is 16.1. The van der Waals surface area contributed by atoms with Crippen molar-refractivity contribution >= 4 is 39.6 Å². The summed E-state index contributed by atoms with van der Waals surface area (Å²) in [6.45, 7) is 0. The van der Waals surface area contributed by atoms with Crippen LogP contribution in [0.25, 0.3) is 11.5 Å². The average molecular weight is 343 g/mol. The van der Waals surface area contributed by atoms with Crippen molar-refractivity contribution in [1.29, 1.82) is 0 Å². The van der Waals surface area contributed by atoms with Crippen LogP contribution in [0.5, 0.6) is 0 Å². The molecule has 1 unspecified atom stereocenters. The van der Waals surface area contributed by atoms with Gasteiger partial charge in [-0.2, -0.15) is 9.82 Å². The van der Waals surface area contributed by atoms with E-state index in [1.807, 2.05) is 5.43 Å². The summed E-state index contributed by atoms with van der Waals surface area (Å²) in [5, 5.41) is 2.08. The Bertz CT molecular complexity index is 721. The largest absolute Gasteiger partial charge is 0.759 e. The number of rotatable bonds is 6. The second-order valence-electron chi connectivity index (χ2n) is 3.88. The molecular weight excluding hydrogens is 332 g/mol. The molecule has 2 aromatic rings. The molecule has 0 bridgehead atoms. The number of amides is 1. The molecule has 0 saturated carbocycles. The molecule has 2 heterocycles. The van der Waals surface area contributed by atoms with Gasteiger partial charge in [-0.15, -0.1) is 11.3 Å². The van der Waals surface area contributed by atoms with Crippen LogP contribution >= 0.6 is 11.3 Å². The molecule has 0 saturated heterocycles. The number of thiazole rings is 1. The van der Waals surface area contributed by atoms with Gasteiger partial charge in [0, 0.05) is 16.6 Å². The van der Waals surface area contributed by atoms with Crippen molar-refractivity contribution in [2.75, 3.05) is 0 Å². The van der Waals surface area contributed by atoms with Crippen molar-refractivity contribution in [3.05, 3.63) is 23.3 Å². The minimum absolute atomic E-state index is 0.0963. The predicted molar refractivity (Wildman–Crippen MR) is 79.2 cm³/mol. The van der Waals surface area contributed by atoms with Gasteiger partial charge < -0.3 is 20.4 Å². The molecule has 1 amide bonds. The molecule has 10 nitrogen and oxygen atoms in total. The van der Waals surface area contributed by atoms with Crippen molar-refractivity contribution in [3.63, 3.8) is 0 Å². The molecule has 0 aliphatic heterocycles. The lowest BCUT2D eigenvalue weighted by atomic mass is 10.3. The number of nitrogens with zero attached hydrogens (tertiary/aromatic N) is 2. The first-order chi connectivity index (χ1) is 10.4. The normalized spacial score (nSPS) is 11.9. The van der Waals surface area contributed by atoms with Crippen LogP contribution in [0.4, 0.5) is 5.13 Å². The molecule has 2 rings (SSSR count). The zero-order valence-electron chi connectivity index (χ0n) is 10.9. The standard InChI is InChI=1S/C10H12N6O4S2/c11-9(12)14-10-13-6(4-21-10)7-2-1-5(20-7)3-8(17)15-16-22(18)19/h1-2,4,16H,3H2,(H,15,17)(H,18,19)(H4,11,12,13,14)/p-1. The lowest BCUT2D eigenvalue weighted by Crippen LogP contribution is -2.39. The maximum absolute atomic E-state index is 11.4. The third-order valence-corrected chi connectivity index (χ3v) is 3.24. The number of hydrogen-bond acceptors (Lipinski definition) is 7. The number of guanidine groups is 1. The summed E-state index contributed by atoms with van der Waals surface area (Å²) in [5.41, 5.74) is 13.0. The minimum Gasteiger partial charge on any atom is -0.759 e. The molecule has 2 aromatic heterocycles.